The molecule has 2 unspecified atom stereocenters. The lowest BCUT2D eigenvalue weighted by molar-refractivity contribution is -0.149. The van der Waals surface area contributed by atoms with Crippen molar-refractivity contribution in [2.75, 3.05) is 13.3 Å². The molecule has 0 aromatic heterocycles. The van der Waals surface area contributed by atoms with Crippen molar-refractivity contribution in [2.45, 2.75) is 59.0 Å². The van der Waals surface area contributed by atoms with Gasteiger partial charge in [0.2, 0.25) is 0 Å². The summed E-state index contributed by atoms with van der Waals surface area (Å²) in [4.78, 5) is 10.8. The molecule has 1 heterocycles. The van der Waals surface area contributed by atoms with E-state index < -0.39 is 5.79 Å². The maximum atomic E-state index is 10.8. The van der Waals surface area contributed by atoms with Gasteiger partial charge >= 0.3 is 0 Å². The van der Waals surface area contributed by atoms with E-state index in [2.05, 4.69) is 32.9 Å². The predicted octanol–water partition coefficient (Wildman–Crippen LogP) is 3.80. The summed E-state index contributed by atoms with van der Waals surface area (Å²) in [5.41, 5.74) is 0. The minimum Gasteiger partial charge on any atom is -0.366 e. The summed E-state index contributed by atoms with van der Waals surface area (Å²) in [5.74, 6) is 0.680. The predicted molar refractivity (Wildman–Crippen MR) is 91.3 cm³/mol. The molecule has 1 rings (SSSR count). The first-order valence-corrected chi connectivity index (χ1v) is 9.15. The quantitative estimate of drug-likeness (QED) is 0.366. The van der Waals surface area contributed by atoms with Gasteiger partial charge in [-0.3, -0.25) is 0 Å². The second-order valence-electron chi connectivity index (χ2n) is 6.67. The van der Waals surface area contributed by atoms with Gasteiger partial charge in [-0.15, -0.1) is 0 Å². The monoisotopic (exact) mass is 330 g/mol. The van der Waals surface area contributed by atoms with E-state index in [1.807, 2.05) is 13.8 Å². The van der Waals surface area contributed by atoms with E-state index in [1.165, 1.54) is 0 Å². The van der Waals surface area contributed by atoms with Crippen LogP contribution in [0.2, 0.25) is 0 Å². The zero-order chi connectivity index (χ0) is 16.8. The van der Waals surface area contributed by atoms with Crippen molar-refractivity contribution in [2.24, 2.45) is 17.8 Å². The third kappa shape index (κ3) is 6.08. The molecule has 4 nitrogen and oxygen atoms in total. The summed E-state index contributed by atoms with van der Waals surface area (Å²) in [7, 11) is 2.31. The highest BCUT2D eigenvalue weighted by Crippen LogP contribution is 2.34. The van der Waals surface area contributed by atoms with Crippen LogP contribution in [-0.4, -0.2) is 37.6 Å². The van der Waals surface area contributed by atoms with Crippen molar-refractivity contribution in [1.29, 1.82) is 0 Å². The number of carbonyl (C=O) groups excluding carboxylic acids is 1. The maximum absolute atomic E-state index is 10.8. The Hall–Kier alpha value is -0.280. The summed E-state index contributed by atoms with van der Waals surface area (Å²) in [6, 6.07) is 0. The van der Waals surface area contributed by atoms with Gasteiger partial charge in [-0.05, 0) is 31.8 Å². The summed E-state index contributed by atoms with van der Waals surface area (Å²) in [6.45, 7) is 10.4. The normalized spacial score (nSPS) is 29.2. The van der Waals surface area contributed by atoms with Gasteiger partial charge in [-0.2, -0.15) is 0 Å². The zero-order valence-corrected chi connectivity index (χ0v) is 15.7. The Morgan fingerprint density at radius 3 is 2.50 bits per heavy atom. The van der Waals surface area contributed by atoms with E-state index in [1.54, 1.807) is 7.11 Å². The van der Waals surface area contributed by atoms with Crippen LogP contribution in [0.4, 0.5) is 0 Å². The average molecular weight is 330 g/mol. The summed E-state index contributed by atoms with van der Waals surface area (Å²) in [5, 5.41) is 0. The second-order valence-corrected chi connectivity index (χ2v) is 7.78. The molecule has 1 saturated heterocycles. The van der Waals surface area contributed by atoms with Gasteiger partial charge in [-0.25, -0.2) is 0 Å². The molecule has 0 saturated carbocycles. The molecular weight excluding hydrogens is 299 g/mol. The summed E-state index contributed by atoms with van der Waals surface area (Å²) in [6.07, 6.45) is 6.60. The Balaban J connectivity index is 2.60. The third-order valence-corrected chi connectivity index (χ3v) is 5.33. The van der Waals surface area contributed by atoms with E-state index >= 15 is 0 Å². The molecule has 1 aliphatic heterocycles. The largest absolute Gasteiger partial charge is 0.366 e. The summed E-state index contributed by atoms with van der Waals surface area (Å²) < 4.78 is 17.0. The van der Waals surface area contributed by atoms with E-state index in [-0.39, 0.29) is 18.1 Å². The fourth-order valence-corrected chi connectivity index (χ4v) is 3.44. The third-order valence-electron chi connectivity index (χ3n) is 4.23. The highest BCUT2D eigenvalue weighted by molar-refractivity contribution is 7.32. The van der Waals surface area contributed by atoms with Gasteiger partial charge in [0.05, 0.1) is 12.2 Å². The molecule has 6 atom stereocenters. The fraction of sp³-hybridized carbons (Fsp3) is 0.824. The first-order valence-electron chi connectivity index (χ1n) is 8.04. The molecule has 0 spiro atoms. The van der Waals surface area contributed by atoms with Crippen LogP contribution in [-0.2, 0) is 18.8 Å². The van der Waals surface area contributed by atoms with Crippen LogP contribution in [0, 0.1) is 17.8 Å². The number of carbonyl (C=O) groups is 1. The lowest BCUT2D eigenvalue weighted by Crippen LogP contribution is -2.29. The molecule has 0 N–H and O–H groups in total. The van der Waals surface area contributed by atoms with E-state index in [4.69, 9.17) is 14.0 Å². The van der Waals surface area contributed by atoms with E-state index in [0.29, 0.717) is 27.1 Å². The topological polar surface area (TPSA) is 44.8 Å². The van der Waals surface area contributed by atoms with Gasteiger partial charge < -0.3 is 18.8 Å². The number of ether oxygens (including phenoxy) is 2. The SMILES string of the molecule is COPC[C@H](C)[C@@H](C)/C=C\C(C)[C@H]1OC(C)(C)O[C@H]1CC=O. The van der Waals surface area contributed by atoms with Crippen LogP contribution in [0.25, 0.3) is 0 Å². The molecule has 22 heavy (non-hydrogen) atoms. The molecule has 5 heteroatoms. The number of hydrogen-bond donors (Lipinski definition) is 0. The molecule has 0 bridgehead atoms. The summed E-state index contributed by atoms with van der Waals surface area (Å²) >= 11 is 0. The smallest absolute Gasteiger partial charge is 0.163 e. The highest BCUT2D eigenvalue weighted by Gasteiger charge is 2.42. The van der Waals surface area contributed by atoms with Crippen molar-refractivity contribution < 1.29 is 18.8 Å². The molecular formula is C17H31O4P. The Kier molecular flexibility index (Phi) is 8.20. The number of allylic oxidation sites excluding steroid dienone is 1. The number of hydrogen-bond acceptors (Lipinski definition) is 4. The van der Waals surface area contributed by atoms with Crippen molar-refractivity contribution in [3.8, 4) is 0 Å². The maximum Gasteiger partial charge on any atom is 0.163 e. The zero-order valence-electron chi connectivity index (χ0n) is 14.7. The van der Waals surface area contributed by atoms with Gasteiger partial charge in [-0.1, -0.05) is 32.9 Å². The number of aldehydes is 1. The van der Waals surface area contributed by atoms with Crippen LogP contribution in [0.15, 0.2) is 12.2 Å². The van der Waals surface area contributed by atoms with Gasteiger partial charge in [0.1, 0.15) is 6.29 Å². The Morgan fingerprint density at radius 1 is 1.23 bits per heavy atom. The molecule has 1 aliphatic rings. The van der Waals surface area contributed by atoms with Crippen molar-refractivity contribution in [1.82, 2.24) is 0 Å². The Morgan fingerprint density at radius 2 is 1.91 bits per heavy atom. The highest BCUT2D eigenvalue weighted by atomic mass is 31.1. The van der Waals surface area contributed by atoms with Crippen molar-refractivity contribution >= 4 is 15.1 Å². The molecule has 0 aromatic carbocycles. The average Bonchev–Trinajstić information content (AvgIpc) is 2.77. The minimum atomic E-state index is -0.612. The van der Waals surface area contributed by atoms with Crippen molar-refractivity contribution in [3.63, 3.8) is 0 Å². The molecule has 1 fully saturated rings. The van der Waals surface area contributed by atoms with Crippen LogP contribution in [0.1, 0.15) is 41.0 Å². The Bertz CT molecular complexity index is 370. The van der Waals surface area contributed by atoms with Crippen LogP contribution in [0.5, 0.6) is 0 Å². The second kappa shape index (κ2) is 9.12. The van der Waals surface area contributed by atoms with E-state index in [0.717, 1.165) is 12.4 Å². The van der Waals surface area contributed by atoms with Gasteiger partial charge in [0, 0.05) is 28.3 Å². The van der Waals surface area contributed by atoms with E-state index in [9.17, 15) is 4.79 Å². The lowest BCUT2D eigenvalue weighted by Gasteiger charge is -2.21. The van der Waals surface area contributed by atoms with Crippen LogP contribution >= 0.6 is 8.81 Å². The fourth-order valence-electron chi connectivity index (χ4n) is 2.64. The molecule has 0 amide bonds. The van der Waals surface area contributed by atoms with Gasteiger partial charge in [0.25, 0.3) is 0 Å². The molecule has 0 aromatic rings. The van der Waals surface area contributed by atoms with Crippen LogP contribution < -0.4 is 0 Å². The standard InChI is InChI=1S/C17H31O4P/c1-12(14(3)11-22-19-6)7-8-13(2)16-15(9-10-18)20-17(4,5)21-16/h7-8,10,12-16,22H,9,11H2,1-6H3/b8-7-/t12-,13?,14-,15-,16+/m0/s1. The molecule has 128 valence electrons. The van der Waals surface area contributed by atoms with Crippen molar-refractivity contribution in [3.05, 3.63) is 12.2 Å². The van der Waals surface area contributed by atoms with Crippen LogP contribution in [0.3, 0.4) is 0 Å². The first-order chi connectivity index (χ1) is 10.3. The first kappa shape index (κ1) is 19.8. The molecule has 0 aliphatic carbocycles. The minimum absolute atomic E-state index is 0.0696. The lowest BCUT2D eigenvalue weighted by atomic mass is 9.92. The van der Waals surface area contributed by atoms with Gasteiger partial charge in [0.15, 0.2) is 5.79 Å². The Labute approximate surface area is 136 Å². The number of rotatable bonds is 9. The molecule has 0 radical (unpaired) electrons.